The summed E-state index contributed by atoms with van der Waals surface area (Å²) in [6.07, 6.45) is 1.60. The van der Waals surface area contributed by atoms with Crippen molar-refractivity contribution in [2.75, 3.05) is 0 Å². The van der Waals surface area contributed by atoms with Crippen molar-refractivity contribution >= 4 is 28.7 Å². The highest BCUT2D eigenvalue weighted by Gasteiger charge is 2.21. The Morgan fingerprint density at radius 3 is 2.32 bits per heavy atom. The molecule has 3 aromatic rings. The molecule has 3 rings (SSSR count). The minimum Gasteiger partial charge on any atom is -0.460 e. The normalized spacial score (nSPS) is 13.1. The number of nitrogens with zero attached hydrogens (tertiary/aromatic N) is 1. The zero-order valence-electron chi connectivity index (χ0n) is 20.3. The van der Waals surface area contributed by atoms with Crippen LogP contribution in [0.3, 0.4) is 0 Å². The molecule has 0 aliphatic rings. The van der Waals surface area contributed by atoms with Gasteiger partial charge < -0.3 is 14.4 Å². The first kappa shape index (κ1) is 25.4. The number of carbonyl (C=O) groups excluding carboxylic acids is 2. The Morgan fingerprint density at radius 1 is 1.06 bits per heavy atom. The molecule has 34 heavy (non-hydrogen) atoms. The fourth-order valence-corrected chi connectivity index (χ4v) is 4.04. The van der Waals surface area contributed by atoms with Gasteiger partial charge >= 0.3 is 5.97 Å². The van der Waals surface area contributed by atoms with E-state index in [9.17, 15) is 19.1 Å². The zero-order valence-corrected chi connectivity index (χ0v) is 20.3. The summed E-state index contributed by atoms with van der Waals surface area (Å²) >= 11 is 0. The van der Waals surface area contributed by atoms with E-state index in [1.54, 1.807) is 39.0 Å². The molecule has 1 atom stereocenters. The number of esters is 1. The highest BCUT2D eigenvalue weighted by atomic mass is 19.1. The molecule has 0 aliphatic carbocycles. The van der Waals surface area contributed by atoms with E-state index in [0.29, 0.717) is 0 Å². The molecule has 0 fully saturated rings. The third-order valence-electron chi connectivity index (χ3n) is 5.28. The number of ether oxygens (including phenoxy) is 1. The summed E-state index contributed by atoms with van der Waals surface area (Å²) in [4.78, 5) is 24.6. The molecule has 0 saturated heterocycles. The molecule has 1 heterocycles. The standard InChI is InChI=1S/C28H32FNO4/c1-18(2)30-24-9-7-6-8-23(24)27(19-10-12-20(29)13-11-19)25(30)15-14-21(31)16-22(32)17-26(33)34-28(3,4)5/h6-15,18,22,32H,16-17H2,1-5H3/b15-14-/t22-/m0/s1. The Balaban J connectivity index is 1.92. The van der Waals surface area contributed by atoms with Gasteiger partial charge in [0.25, 0.3) is 0 Å². The molecule has 0 unspecified atom stereocenters. The number of aromatic nitrogens is 1. The van der Waals surface area contributed by atoms with Gasteiger partial charge in [0.1, 0.15) is 11.4 Å². The maximum atomic E-state index is 13.6. The second-order valence-electron chi connectivity index (χ2n) is 9.70. The number of rotatable bonds is 8. The molecule has 0 aliphatic heterocycles. The smallest absolute Gasteiger partial charge is 0.308 e. The number of hydrogen-bond donors (Lipinski definition) is 1. The summed E-state index contributed by atoms with van der Waals surface area (Å²) in [6.45, 7) is 9.36. The number of aliphatic hydroxyl groups is 1. The van der Waals surface area contributed by atoms with Gasteiger partial charge in [-0.1, -0.05) is 30.3 Å². The van der Waals surface area contributed by atoms with E-state index in [-0.39, 0.29) is 30.5 Å². The number of halogens is 1. The topological polar surface area (TPSA) is 68.5 Å². The SMILES string of the molecule is CC(C)n1c(/C=C\C(=O)C[C@H](O)CC(=O)OC(C)(C)C)c(-c2ccc(F)cc2)c2ccccc21. The van der Waals surface area contributed by atoms with Crippen molar-refractivity contribution in [3.8, 4) is 11.1 Å². The molecule has 5 nitrogen and oxygen atoms in total. The Labute approximate surface area is 199 Å². The van der Waals surface area contributed by atoms with Crippen LogP contribution in [0.15, 0.2) is 54.6 Å². The number of fused-ring (bicyclic) bond motifs is 1. The third-order valence-corrected chi connectivity index (χ3v) is 5.28. The van der Waals surface area contributed by atoms with E-state index in [2.05, 4.69) is 18.4 Å². The van der Waals surface area contributed by atoms with Crippen molar-refractivity contribution in [2.24, 2.45) is 0 Å². The van der Waals surface area contributed by atoms with Gasteiger partial charge in [0, 0.05) is 28.9 Å². The highest BCUT2D eigenvalue weighted by molar-refractivity contribution is 6.03. The number of hydrogen-bond acceptors (Lipinski definition) is 4. The van der Waals surface area contributed by atoms with Crippen LogP contribution in [0.4, 0.5) is 4.39 Å². The lowest BCUT2D eigenvalue weighted by Crippen LogP contribution is -2.27. The van der Waals surface area contributed by atoms with Crippen LogP contribution >= 0.6 is 0 Å². The Kier molecular flexibility index (Phi) is 7.72. The summed E-state index contributed by atoms with van der Waals surface area (Å²) in [5, 5.41) is 11.2. The summed E-state index contributed by atoms with van der Waals surface area (Å²) in [6, 6.07) is 14.3. The second-order valence-corrected chi connectivity index (χ2v) is 9.70. The maximum Gasteiger partial charge on any atom is 0.308 e. The molecule has 0 saturated carbocycles. The molecular weight excluding hydrogens is 433 g/mol. The van der Waals surface area contributed by atoms with E-state index >= 15 is 0 Å². The van der Waals surface area contributed by atoms with Crippen molar-refractivity contribution in [1.82, 2.24) is 4.57 Å². The van der Waals surface area contributed by atoms with E-state index in [1.807, 2.05) is 24.3 Å². The molecule has 0 spiro atoms. The predicted octanol–water partition coefficient (Wildman–Crippen LogP) is 6.09. The van der Waals surface area contributed by atoms with Gasteiger partial charge in [-0.15, -0.1) is 0 Å². The first-order valence-electron chi connectivity index (χ1n) is 11.5. The molecule has 0 bridgehead atoms. The summed E-state index contributed by atoms with van der Waals surface area (Å²) < 4.78 is 20.9. The molecule has 0 radical (unpaired) electrons. The third kappa shape index (κ3) is 6.20. The van der Waals surface area contributed by atoms with E-state index in [0.717, 1.165) is 27.7 Å². The van der Waals surface area contributed by atoms with Crippen LogP contribution in [-0.4, -0.2) is 33.1 Å². The number of benzene rings is 2. The number of carbonyl (C=O) groups is 2. The Morgan fingerprint density at radius 2 is 1.71 bits per heavy atom. The highest BCUT2D eigenvalue weighted by Crippen LogP contribution is 2.37. The van der Waals surface area contributed by atoms with Gasteiger partial charge in [0.05, 0.1) is 18.2 Å². The van der Waals surface area contributed by atoms with Crippen molar-refractivity contribution in [3.63, 3.8) is 0 Å². The average molecular weight is 466 g/mol. The van der Waals surface area contributed by atoms with Crippen molar-refractivity contribution in [1.29, 1.82) is 0 Å². The van der Waals surface area contributed by atoms with E-state index in [1.165, 1.54) is 18.2 Å². The Bertz CT molecular complexity index is 1200. The lowest BCUT2D eigenvalue weighted by Gasteiger charge is -2.20. The molecule has 1 N–H and O–H groups in total. The minimum absolute atomic E-state index is 0.103. The summed E-state index contributed by atoms with van der Waals surface area (Å²) in [5.74, 6) is -1.17. The van der Waals surface area contributed by atoms with Crippen LogP contribution in [-0.2, 0) is 14.3 Å². The van der Waals surface area contributed by atoms with Gasteiger partial charge in [0.2, 0.25) is 0 Å². The lowest BCUT2D eigenvalue weighted by atomic mass is 10.0. The van der Waals surface area contributed by atoms with Crippen LogP contribution in [0.5, 0.6) is 0 Å². The number of ketones is 1. The van der Waals surface area contributed by atoms with E-state index in [4.69, 9.17) is 4.74 Å². The van der Waals surface area contributed by atoms with Crippen molar-refractivity contribution in [3.05, 3.63) is 66.1 Å². The first-order valence-corrected chi connectivity index (χ1v) is 11.5. The number of para-hydroxylation sites is 1. The Hall–Kier alpha value is -3.25. The molecule has 0 amide bonds. The quantitative estimate of drug-likeness (QED) is 0.323. The van der Waals surface area contributed by atoms with Crippen LogP contribution in [0.25, 0.3) is 28.1 Å². The average Bonchev–Trinajstić information content (AvgIpc) is 3.05. The van der Waals surface area contributed by atoms with Crippen molar-refractivity contribution < 1.29 is 23.8 Å². The minimum atomic E-state index is -1.13. The fraction of sp³-hybridized carbons (Fsp3) is 0.357. The number of allylic oxidation sites excluding steroid dienone is 1. The first-order chi connectivity index (χ1) is 16.0. The van der Waals surface area contributed by atoms with Gasteiger partial charge in [-0.3, -0.25) is 9.59 Å². The molecule has 2 aromatic carbocycles. The zero-order chi connectivity index (χ0) is 25.0. The van der Waals surface area contributed by atoms with Crippen LogP contribution in [0, 0.1) is 5.82 Å². The maximum absolute atomic E-state index is 13.6. The van der Waals surface area contributed by atoms with Crippen molar-refractivity contribution in [2.45, 2.75) is 65.2 Å². The largest absolute Gasteiger partial charge is 0.460 e. The summed E-state index contributed by atoms with van der Waals surface area (Å²) in [7, 11) is 0. The van der Waals surface area contributed by atoms with Gasteiger partial charge in [0.15, 0.2) is 5.78 Å². The van der Waals surface area contributed by atoms with Gasteiger partial charge in [-0.25, -0.2) is 4.39 Å². The molecule has 6 heteroatoms. The van der Waals surface area contributed by atoms with E-state index < -0.39 is 17.7 Å². The summed E-state index contributed by atoms with van der Waals surface area (Å²) in [5.41, 5.74) is 2.92. The monoisotopic (exact) mass is 465 g/mol. The molecular formula is C28H32FNO4. The molecule has 1 aromatic heterocycles. The lowest BCUT2D eigenvalue weighted by molar-refractivity contribution is -0.157. The van der Waals surface area contributed by atoms with Crippen LogP contribution in [0.2, 0.25) is 0 Å². The molecule has 180 valence electrons. The van der Waals surface area contributed by atoms with Gasteiger partial charge in [-0.05, 0) is 70.5 Å². The van der Waals surface area contributed by atoms with Gasteiger partial charge in [-0.2, -0.15) is 0 Å². The van der Waals surface area contributed by atoms with Crippen LogP contribution < -0.4 is 0 Å². The predicted molar refractivity (Wildman–Crippen MR) is 133 cm³/mol. The van der Waals surface area contributed by atoms with Crippen LogP contribution in [0.1, 0.15) is 59.2 Å². The number of aliphatic hydroxyl groups excluding tert-OH is 1. The fourth-order valence-electron chi connectivity index (χ4n) is 4.04. The second kappa shape index (κ2) is 10.3.